The Morgan fingerprint density at radius 3 is 0.829 bits per heavy atom. The van der Waals surface area contributed by atoms with Gasteiger partial charge in [-0.25, -0.2) is 0 Å². The molecule has 0 saturated heterocycles. The SMILES string of the molecule is CO[Si](C#CC(C)(C#C[Si](OC)(OC)c1ccccc1)C#C[Si](OC)(OC)c1ccccc1)(OC)c1ccccc1. The second-order valence-corrected chi connectivity index (χ2v) is 17.7. The Bertz CT molecular complexity index is 1260. The van der Waals surface area contributed by atoms with Crippen molar-refractivity contribution >= 4 is 41.2 Å². The van der Waals surface area contributed by atoms with Crippen molar-refractivity contribution in [2.75, 3.05) is 42.7 Å². The summed E-state index contributed by atoms with van der Waals surface area (Å²) in [5.74, 6) is 9.96. The first-order valence-corrected chi connectivity index (χ1v) is 18.4. The minimum Gasteiger partial charge on any atom is -0.385 e. The third-order valence-corrected chi connectivity index (χ3v) is 14.7. The molecule has 0 aliphatic heterocycles. The number of hydrogen-bond acceptors (Lipinski definition) is 6. The van der Waals surface area contributed by atoms with Crippen molar-refractivity contribution in [2.24, 2.45) is 5.41 Å². The molecule has 0 fully saturated rings. The van der Waals surface area contributed by atoms with Gasteiger partial charge in [0.05, 0.1) is 0 Å². The fourth-order valence-corrected chi connectivity index (χ4v) is 10.3. The molecule has 41 heavy (non-hydrogen) atoms. The molecule has 0 spiro atoms. The van der Waals surface area contributed by atoms with Gasteiger partial charge >= 0.3 is 25.7 Å². The molecular weight excluding hydrogens is 565 g/mol. The molecule has 0 unspecified atom stereocenters. The van der Waals surface area contributed by atoms with Gasteiger partial charge in [0, 0.05) is 58.2 Å². The van der Waals surface area contributed by atoms with E-state index in [4.69, 9.17) is 26.6 Å². The zero-order valence-corrected chi connectivity index (χ0v) is 27.6. The van der Waals surface area contributed by atoms with E-state index in [0.717, 1.165) is 15.6 Å². The highest BCUT2D eigenvalue weighted by molar-refractivity contribution is 6.89. The van der Waals surface area contributed by atoms with Crippen LogP contribution in [0.4, 0.5) is 0 Å². The molecule has 9 heteroatoms. The summed E-state index contributed by atoms with van der Waals surface area (Å²) in [6.45, 7) is 1.86. The van der Waals surface area contributed by atoms with Crippen LogP contribution in [0.15, 0.2) is 91.0 Å². The quantitative estimate of drug-likeness (QED) is 0.278. The normalized spacial score (nSPS) is 11.8. The standard InChI is InChI=1S/C32H36O6Si3/c1-32(23-26-39(33-2,34-3)29-17-11-8-12-18-29,24-27-40(35-4,36-5)30-19-13-9-14-20-30)25-28-41(37-6,38-7)31-21-15-10-16-22-31/h8-22H,1-7H3. The zero-order valence-electron chi connectivity index (χ0n) is 24.6. The third-order valence-electron chi connectivity index (χ3n) is 6.62. The summed E-state index contributed by atoms with van der Waals surface area (Å²) in [5.41, 5.74) is 8.81. The van der Waals surface area contributed by atoms with Crippen LogP contribution < -0.4 is 15.6 Å². The lowest BCUT2D eigenvalue weighted by Crippen LogP contribution is -2.52. The van der Waals surface area contributed by atoms with E-state index < -0.39 is 31.1 Å². The Morgan fingerprint density at radius 2 is 0.634 bits per heavy atom. The van der Waals surface area contributed by atoms with Crippen molar-refractivity contribution in [3.8, 4) is 34.4 Å². The van der Waals surface area contributed by atoms with Gasteiger partial charge in [0.15, 0.2) is 0 Å². The van der Waals surface area contributed by atoms with Crippen molar-refractivity contribution in [2.45, 2.75) is 6.92 Å². The second kappa shape index (κ2) is 14.6. The molecule has 0 radical (unpaired) electrons. The molecule has 212 valence electrons. The van der Waals surface area contributed by atoms with E-state index in [2.05, 4.69) is 34.4 Å². The molecule has 0 atom stereocenters. The van der Waals surface area contributed by atoms with Gasteiger partial charge in [-0.05, 0) is 6.92 Å². The first kappa shape index (κ1) is 32.3. The van der Waals surface area contributed by atoms with Crippen molar-refractivity contribution in [1.29, 1.82) is 0 Å². The van der Waals surface area contributed by atoms with Gasteiger partial charge in [0.25, 0.3) is 0 Å². The van der Waals surface area contributed by atoms with Gasteiger partial charge < -0.3 is 26.6 Å². The van der Waals surface area contributed by atoms with E-state index in [9.17, 15) is 0 Å². The van der Waals surface area contributed by atoms with Crippen LogP contribution in [0, 0.1) is 39.8 Å². The average molecular weight is 601 g/mol. The van der Waals surface area contributed by atoms with Crippen molar-refractivity contribution < 1.29 is 26.6 Å². The average Bonchev–Trinajstić information content (AvgIpc) is 3.05. The number of benzene rings is 3. The second-order valence-electron chi connectivity index (χ2n) is 9.05. The fourth-order valence-electron chi connectivity index (χ4n) is 4.17. The Balaban J connectivity index is 2.26. The Hall–Kier alpha value is -3.25. The van der Waals surface area contributed by atoms with Crippen LogP contribution in [-0.4, -0.2) is 68.3 Å². The highest BCUT2D eigenvalue weighted by Crippen LogP contribution is 2.17. The molecule has 3 aromatic rings. The largest absolute Gasteiger partial charge is 0.458 e. The van der Waals surface area contributed by atoms with E-state index >= 15 is 0 Å². The van der Waals surface area contributed by atoms with Gasteiger partial charge in [0.2, 0.25) is 0 Å². The smallest absolute Gasteiger partial charge is 0.385 e. The van der Waals surface area contributed by atoms with Gasteiger partial charge in [-0.15, -0.1) is 0 Å². The van der Waals surface area contributed by atoms with Crippen molar-refractivity contribution in [1.82, 2.24) is 0 Å². The van der Waals surface area contributed by atoms with E-state index in [-0.39, 0.29) is 0 Å². The molecule has 0 aromatic heterocycles. The van der Waals surface area contributed by atoms with Crippen LogP contribution in [0.2, 0.25) is 0 Å². The number of hydrogen-bond donors (Lipinski definition) is 0. The first-order valence-electron chi connectivity index (χ1n) is 12.9. The van der Waals surface area contributed by atoms with E-state index in [1.54, 1.807) is 42.7 Å². The van der Waals surface area contributed by atoms with E-state index in [0.29, 0.717) is 0 Å². The monoisotopic (exact) mass is 600 g/mol. The molecule has 0 heterocycles. The predicted molar refractivity (Wildman–Crippen MR) is 169 cm³/mol. The molecule has 3 aromatic carbocycles. The minimum atomic E-state index is -3.14. The summed E-state index contributed by atoms with van der Waals surface area (Å²) >= 11 is 0. The summed E-state index contributed by atoms with van der Waals surface area (Å²) in [6, 6.07) is 29.1. The van der Waals surface area contributed by atoms with Gasteiger partial charge in [-0.1, -0.05) is 125 Å². The molecule has 0 aliphatic carbocycles. The van der Waals surface area contributed by atoms with Gasteiger partial charge in [-0.2, -0.15) is 0 Å². The fraction of sp³-hybridized carbons (Fsp3) is 0.250. The Kier molecular flexibility index (Phi) is 11.5. The molecule has 0 aliphatic rings. The van der Waals surface area contributed by atoms with Gasteiger partial charge in [0.1, 0.15) is 5.41 Å². The van der Waals surface area contributed by atoms with Crippen molar-refractivity contribution in [3.05, 3.63) is 91.0 Å². The lowest BCUT2D eigenvalue weighted by Gasteiger charge is -2.24. The van der Waals surface area contributed by atoms with Crippen LogP contribution in [0.25, 0.3) is 0 Å². The van der Waals surface area contributed by atoms with Crippen LogP contribution in [0.5, 0.6) is 0 Å². The molecule has 6 nitrogen and oxygen atoms in total. The molecular formula is C32H36O6Si3. The Morgan fingerprint density at radius 1 is 0.415 bits per heavy atom. The summed E-state index contributed by atoms with van der Waals surface area (Å²) in [7, 11) is 0.240. The zero-order chi connectivity index (χ0) is 29.8. The first-order chi connectivity index (χ1) is 19.8. The van der Waals surface area contributed by atoms with Gasteiger partial charge in [-0.3, -0.25) is 0 Å². The topological polar surface area (TPSA) is 55.4 Å². The van der Waals surface area contributed by atoms with E-state index in [1.807, 2.05) is 97.9 Å². The highest BCUT2D eigenvalue weighted by atomic mass is 28.4. The molecule has 0 amide bonds. The molecule has 0 N–H and O–H groups in total. The summed E-state index contributed by atoms with van der Waals surface area (Å²) < 4.78 is 35.7. The lowest BCUT2D eigenvalue weighted by molar-refractivity contribution is 0.273. The maximum atomic E-state index is 5.95. The van der Waals surface area contributed by atoms with Crippen LogP contribution in [0.1, 0.15) is 6.92 Å². The summed E-state index contributed by atoms with van der Waals surface area (Å²) in [4.78, 5) is 0. The number of rotatable bonds is 9. The van der Waals surface area contributed by atoms with Crippen molar-refractivity contribution in [3.63, 3.8) is 0 Å². The van der Waals surface area contributed by atoms with Crippen LogP contribution >= 0.6 is 0 Å². The van der Waals surface area contributed by atoms with Crippen LogP contribution in [0.3, 0.4) is 0 Å². The highest BCUT2D eigenvalue weighted by Gasteiger charge is 2.40. The maximum Gasteiger partial charge on any atom is 0.458 e. The molecule has 3 rings (SSSR count). The summed E-state index contributed by atoms with van der Waals surface area (Å²) in [5, 5.41) is 2.64. The third kappa shape index (κ3) is 7.34. The van der Waals surface area contributed by atoms with Crippen LogP contribution in [-0.2, 0) is 26.6 Å². The minimum absolute atomic E-state index is 0.879. The predicted octanol–water partition coefficient (Wildman–Crippen LogP) is 2.55. The molecule has 0 saturated carbocycles. The maximum absolute atomic E-state index is 5.95. The Labute approximate surface area is 247 Å². The molecule has 0 bridgehead atoms. The lowest BCUT2D eigenvalue weighted by atomic mass is 9.95. The van der Waals surface area contributed by atoms with E-state index in [1.165, 1.54) is 0 Å². The summed E-state index contributed by atoms with van der Waals surface area (Å²) in [6.07, 6.45) is 0.